The third-order valence-electron chi connectivity index (χ3n) is 3.85. The Morgan fingerprint density at radius 1 is 1.26 bits per heavy atom. The number of piperazine rings is 1. The van der Waals surface area contributed by atoms with Crippen molar-refractivity contribution < 1.29 is 9.21 Å². The van der Waals surface area contributed by atoms with E-state index in [2.05, 4.69) is 25.9 Å². The highest BCUT2D eigenvalue weighted by Gasteiger charge is 2.19. The molecule has 1 aromatic carbocycles. The summed E-state index contributed by atoms with van der Waals surface area (Å²) in [4.78, 5) is 15.8. The quantitative estimate of drug-likeness (QED) is 0.746. The molecule has 0 saturated carbocycles. The summed E-state index contributed by atoms with van der Waals surface area (Å²) in [6.45, 7) is 5.27. The van der Waals surface area contributed by atoms with Crippen LogP contribution in [-0.2, 0) is 11.5 Å². The van der Waals surface area contributed by atoms with Crippen LogP contribution in [-0.4, -0.2) is 51.7 Å². The molecule has 1 aromatic heterocycles. The van der Waals surface area contributed by atoms with Gasteiger partial charge in [0.25, 0.3) is 4.84 Å². The van der Waals surface area contributed by atoms with Crippen molar-refractivity contribution in [2.75, 3.05) is 26.2 Å². The summed E-state index contributed by atoms with van der Waals surface area (Å²) < 4.78 is 8.29. The van der Waals surface area contributed by atoms with Gasteiger partial charge in [-0.2, -0.15) is 0 Å². The van der Waals surface area contributed by atoms with Gasteiger partial charge in [-0.3, -0.25) is 9.69 Å². The molecule has 0 radical (unpaired) electrons. The Bertz CT molecular complexity index is 748. The van der Waals surface area contributed by atoms with Crippen molar-refractivity contribution in [2.24, 2.45) is 0 Å². The summed E-state index contributed by atoms with van der Waals surface area (Å²) in [6, 6.07) is 7.74. The van der Waals surface area contributed by atoms with E-state index in [1.165, 1.54) is 0 Å². The van der Waals surface area contributed by atoms with Gasteiger partial charge in [0.15, 0.2) is 0 Å². The highest BCUT2D eigenvalue weighted by atomic mass is 79.9. The van der Waals surface area contributed by atoms with E-state index >= 15 is 0 Å². The van der Waals surface area contributed by atoms with Gasteiger partial charge in [0.1, 0.15) is 0 Å². The van der Waals surface area contributed by atoms with Crippen molar-refractivity contribution >= 4 is 34.1 Å². The molecule has 8 heteroatoms. The second kappa shape index (κ2) is 6.94. The Labute approximate surface area is 147 Å². The van der Waals surface area contributed by atoms with E-state index in [0.717, 1.165) is 36.2 Å². The van der Waals surface area contributed by atoms with Gasteiger partial charge in [0, 0.05) is 43.1 Å². The van der Waals surface area contributed by atoms with Crippen molar-refractivity contribution in [3.05, 3.63) is 33.6 Å². The Morgan fingerprint density at radius 2 is 1.91 bits per heavy atom. The number of amides is 1. The number of hydrogen-bond acceptors (Lipinski definition) is 5. The molecule has 23 heavy (non-hydrogen) atoms. The first-order chi connectivity index (χ1) is 11.0. The van der Waals surface area contributed by atoms with Gasteiger partial charge in [0.05, 0.1) is 6.67 Å². The van der Waals surface area contributed by atoms with Crippen LogP contribution in [0.25, 0.3) is 11.5 Å². The van der Waals surface area contributed by atoms with Gasteiger partial charge >= 0.3 is 0 Å². The lowest BCUT2D eigenvalue weighted by atomic mass is 10.2. The zero-order valence-electron chi connectivity index (χ0n) is 12.7. The molecule has 0 atom stereocenters. The minimum Gasteiger partial charge on any atom is -0.409 e. The molecule has 0 spiro atoms. The van der Waals surface area contributed by atoms with Crippen LogP contribution in [0.4, 0.5) is 0 Å². The molecule has 122 valence electrons. The van der Waals surface area contributed by atoms with Crippen LogP contribution in [0.2, 0.25) is 0 Å². The predicted molar refractivity (Wildman–Crippen MR) is 92.3 cm³/mol. The molecular weight excluding hydrogens is 380 g/mol. The van der Waals surface area contributed by atoms with E-state index in [4.69, 9.17) is 16.6 Å². The maximum atomic E-state index is 11.4. The van der Waals surface area contributed by atoms with Gasteiger partial charge < -0.3 is 9.32 Å². The first kappa shape index (κ1) is 16.4. The van der Waals surface area contributed by atoms with Crippen molar-refractivity contribution in [2.45, 2.75) is 13.6 Å². The van der Waals surface area contributed by atoms with Gasteiger partial charge in [-0.05, 0) is 36.5 Å². The largest absolute Gasteiger partial charge is 0.409 e. The van der Waals surface area contributed by atoms with Gasteiger partial charge in [-0.15, -0.1) is 5.10 Å². The van der Waals surface area contributed by atoms with Crippen LogP contribution < -0.4 is 0 Å². The lowest BCUT2D eigenvalue weighted by molar-refractivity contribution is -0.130. The summed E-state index contributed by atoms with van der Waals surface area (Å²) in [7, 11) is 0. The Kier molecular flexibility index (Phi) is 4.93. The number of hydrogen-bond donors (Lipinski definition) is 0. The number of halogens is 1. The number of benzene rings is 1. The van der Waals surface area contributed by atoms with E-state index in [1.54, 1.807) is 11.6 Å². The van der Waals surface area contributed by atoms with Gasteiger partial charge in [-0.1, -0.05) is 15.9 Å². The number of nitrogens with zero attached hydrogens (tertiary/aromatic N) is 4. The van der Waals surface area contributed by atoms with E-state index in [-0.39, 0.29) is 5.91 Å². The second-order valence-electron chi connectivity index (χ2n) is 5.45. The van der Waals surface area contributed by atoms with Crippen molar-refractivity contribution in [3.8, 4) is 11.5 Å². The van der Waals surface area contributed by atoms with Crippen LogP contribution in [0.15, 0.2) is 33.2 Å². The number of carbonyl (C=O) groups excluding carboxylic acids is 1. The first-order valence-corrected chi connectivity index (χ1v) is 8.55. The number of carbonyl (C=O) groups is 1. The summed E-state index contributed by atoms with van der Waals surface area (Å²) in [6.07, 6.45) is 0. The fourth-order valence-electron chi connectivity index (χ4n) is 2.50. The zero-order chi connectivity index (χ0) is 16.4. The zero-order valence-corrected chi connectivity index (χ0v) is 15.1. The minimum absolute atomic E-state index is 0.125. The Morgan fingerprint density at radius 3 is 2.52 bits per heavy atom. The van der Waals surface area contributed by atoms with Crippen LogP contribution in [0.1, 0.15) is 6.92 Å². The summed E-state index contributed by atoms with van der Waals surface area (Å²) in [5, 5.41) is 4.47. The first-order valence-electron chi connectivity index (χ1n) is 7.35. The summed E-state index contributed by atoms with van der Waals surface area (Å²) in [5.74, 6) is 0.644. The number of rotatable bonds is 3. The van der Waals surface area contributed by atoms with Crippen molar-refractivity contribution in [3.63, 3.8) is 0 Å². The Hall–Kier alpha value is -1.51. The fraction of sp³-hybridized carbons (Fsp3) is 0.400. The normalized spacial score (nSPS) is 15.8. The molecule has 3 rings (SSSR count). The van der Waals surface area contributed by atoms with Crippen LogP contribution in [0, 0.1) is 4.84 Å². The van der Waals surface area contributed by atoms with Crippen LogP contribution in [0.5, 0.6) is 0 Å². The molecule has 1 saturated heterocycles. The lowest BCUT2D eigenvalue weighted by Crippen LogP contribution is -2.48. The molecule has 1 fully saturated rings. The SMILES string of the molecule is CC(=O)N1CCN(Cn2nc(-c3ccc(Br)cc3)oc2=S)CC1. The highest BCUT2D eigenvalue weighted by Crippen LogP contribution is 2.20. The van der Waals surface area contributed by atoms with Crippen molar-refractivity contribution in [1.82, 2.24) is 19.6 Å². The molecular formula is C15H17BrN4O2S. The van der Waals surface area contributed by atoms with E-state index in [9.17, 15) is 4.79 Å². The molecule has 2 aromatic rings. The fourth-order valence-corrected chi connectivity index (χ4v) is 2.94. The highest BCUT2D eigenvalue weighted by molar-refractivity contribution is 9.10. The molecule has 1 aliphatic rings. The van der Waals surface area contributed by atoms with Crippen LogP contribution in [0.3, 0.4) is 0 Å². The topological polar surface area (TPSA) is 54.5 Å². The molecule has 6 nitrogen and oxygen atoms in total. The molecule has 0 aliphatic carbocycles. The van der Waals surface area contributed by atoms with E-state index in [0.29, 0.717) is 17.4 Å². The third kappa shape index (κ3) is 3.88. The average molecular weight is 397 g/mol. The smallest absolute Gasteiger partial charge is 0.288 e. The third-order valence-corrected chi connectivity index (χ3v) is 4.67. The standard InChI is InChI=1S/C15H17BrN4O2S/c1-11(21)19-8-6-18(7-9-19)10-20-15(23)22-14(17-20)12-2-4-13(16)5-3-12/h2-5H,6-10H2,1H3. The monoisotopic (exact) mass is 396 g/mol. The summed E-state index contributed by atoms with van der Waals surface area (Å²) >= 11 is 8.67. The predicted octanol–water partition coefficient (Wildman–Crippen LogP) is 2.76. The maximum Gasteiger partial charge on any atom is 0.288 e. The molecule has 1 amide bonds. The van der Waals surface area contributed by atoms with E-state index in [1.807, 2.05) is 29.2 Å². The molecule has 0 bridgehead atoms. The minimum atomic E-state index is 0.125. The average Bonchev–Trinajstić information content (AvgIpc) is 2.89. The number of aromatic nitrogens is 2. The molecule has 2 heterocycles. The second-order valence-corrected chi connectivity index (χ2v) is 6.71. The summed E-state index contributed by atoms with van der Waals surface area (Å²) in [5.41, 5.74) is 0.888. The molecule has 0 N–H and O–H groups in total. The van der Waals surface area contributed by atoms with Crippen LogP contribution >= 0.6 is 28.1 Å². The van der Waals surface area contributed by atoms with E-state index < -0.39 is 0 Å². The molecule has 0 unspecified atom stereocenters. The van der Waals surface area contributed by atoms with Crippen molar-refractivity contribution in [1.29, 1.82) is 0 Å². The van der Waals surface area contributed by atoms with Gasteiger partial charge in [-0.25, -0.2) is 4.68 Å². The Balaban J connectivity index is 1.69. The van der Waals surface area contributed by atoms with Gasteiger partial charge in [0.2, 0.25) is 11.8 Å². The maximum absolute atomic E-state index is 11.4. The molecule has 1 aliphatic heterocycles. The lowest BCUT2D eigenvalue weighted by Gasteiger charge is -2.33.